The number of carbonyl (C=O) groups is 1. The molecular formula is C18H20N2O5S. The summed E-state index contributed by atoms with van der Waals surface area (Å²) in [5, 5.41) is 2.72. The van der Waals surface area contributed by atoms with E-state index in [1.54, 1.807) is 55.6 Å². The molecule has 0 atom stereocenters. The third-order valence-corrected chi connectivity index (χ3v) is 5.84. The van der Waals surface area contributed by atoms with E-state index in [0.717, 1.165) is 0 Å². The fourth-order valence-electron chi connectivity index (χ4n) is 2.66. The van der Waals surface area contributed by atoms with Crippen LogP contribution in [0.15, 0.2) is 48.5 Å². The Hall–Kier alpha value is -2.74. The number of benzene rings is 2. The van der Waals surface area contributed by atoms with Crippen LogP contribution in [0.2, 0.25) is 0 Å². The summed E-state index contributed by atoms with van der Waals surface area (Å²) >= 11 is 0. The highest BCUT2D eigenvalue weighted by Crippen LogP contribution is 2.25. The molecule has 1 fully saturated rings. The second-order valence-corrected chi connectivity index (χ2v) is 7.81. The highest BCUT2D eigenvalue weighted by atomic mass is 32.2. The second-order valence-electron chi connectivity index (χ2n) is 5.80. The molecule has 1 saturated heterocycles. The zero-order valence-electron chi connectivity index (χ0n) is 14.3. The molecule has 1 aliphatic rings. The van der Waals surface area contributed by atoms with Gasteiger partial charge in [-0.25, -0.2) is 8.42 Å². The molecule has 0 saturated carbocycles. The number of carbonyl (C=O) groups excluding carboxylic acids is 1. The van der Waals surface area contributed by atoms with Crippen molar-refractivity contribution in [2.24, 2.45) is 0 Å². The molecule has 1 heterocycles. The number of nitrogens with one attached hydrogen (secondary N) is 1. The number of hydrogen-bond acceptors (Lipinski definition) is 5. The topological polar surface area (TPSA) is 84.9 Å². The van der Waals surface area contributed by atoms with Crippen molar-refractivity contribution in [1.29, 1.82) is 0 Å². The van der Waals surface area contributed by atoms with E-state index in [0.29, 0.717) is 35.8 Å². The molecule has 3 rings (SSSR count). The third kappa shape index (κ3) is 4.26. The molecule has 1 amide bonds. The lowest BCUT2D eigenvalue weighted by atomic mass is 10.2. The van der Waals surface area contributed by atoms with Gasteiger partial charge >= 0.3 is 0 Å². The zero-order valence-corrected chi connectivity index (χ0v) is 15.2. The average Bonchev–Trinajstić information content (AvgIpc) is 3.00. The molecule has 2 aromatic rings. The summed E-state index contributed by atoms with van der Waals surface area (Å²) in [6, 6.07) is 13.7. The number of ether oxygens (including phenoxy) is 2. The van der Waals surface area contributed by atoms with Gasteiger partial charge in [0.1, 0.15) is 11.5 Å². The Morgan fingerprint density at radius 2 is 1.73 bits per heavy atom. The van der Waals surface area contributed by atoms with Gasteiger partial charge in [0.05, 0.1) is 18.6 Å². The molecule has 1 N–H and O–H groups in total. The molecule has 0 radical (unpaired) electrons. The number of hydrogen-bond donors (Lipinski definition) is 1. The summed E-state index contributed by atoms with van der Waals surface area (Å²) in [5.74, 6) is 1.15. The van der Waals surface area contributed by atoms with Gasteiger partial charge in [-0.15, -0.1) is 0 Å². The number of nitrogens with zero attached hydrogens (tertiary/aromatic N) is 1. The Bertz CT molecular complexity index is 863. The van der Waals surface area contributed by atoms with Gasteiger partial charge in [0, 0.05) is 12.2 Å². The quantitative estimate of drug-likeness (QED) is 0.836. The van der Waals surface area contributed by atoms with Crippen molar-refractivity contribution in [2.75, 3.05) is 35.6 Å². The normalized spacial score (nSPS) is 15.5. The summed E-state index contributed by atoms with van der Waals surface area (Å²) in [6.45, 7) is 0.359. The summed E-state index contributed by atoms with van der Waals surface area (Å²) in [7, 11) is -1.63. The van der Waals surface area contributed by atoms with Crippen LogP contribution in [0.5, 0.6) is 11.5 Å². The predicted octanol–water partition coefficient (Wildman–Crippen LogP) is 2.25. The molecule has 0 spiro atoms. The van der Waals surface area contributed by atoms with E-state index < -0.39 is 10.0 Å². The summed E-state index contributed by atoms with van der Waals surface area (Å²) in [6.07, 6.45) is 0.628. The van der Waals surface area contributed by atoms with E-state index in [1.165, 1.54) is 4.31 Å². The van der Waals surface area contributed by atoms with Crippen molar-refractivity contribution in [3.05, 3.63) is 48.5 Å². The van der Waals surface area contributed by atoms with Gasteiger partial charge in [-0.1, -0.05) is 0 Å². The molecular weight excluding hydrogens is 356 g/mol. The highest BCUT2D eigenvalue weighted by molar-refractivity contribution is 7.93. The third-order valence-electron chi connectivity index (χ3n) is 3.97. The first-order valence-electron chi connectivity index (χ1n) is 8.15. The SMILES string of the molecule is COc1ccc(OCC(=O)Nc2ccc(N3CCCS3(=O)=O)cc2)cc1. The number of sulfonamides is 1. The van der Waals surface area contributed by atoms with E-state index in [9.17, 15) is 13.2 Å². The zero-order chi connectivity index (χ0) is 18.6. The van der Waals surface area contributed by atoms with Crippen LogP contribution in [0.4, 0.5) is 11.4 Å². The van der Waals surface area contributed by atoms with Gasteiger partial charge in [0.15, 0.2) is 6.61 Å². The van der Waals surface area contributed by atoms with Crippen LogP contribution in [0.25, 0.3) is 0 Å². The maximum Gasteiger partial charge on any atom is 0.262 e. The monoisotopic (exact) mass is 376 g/mol. The van der Waals surface area contributed by atoms with Crippen LogP contribution < -0.4 is 19.1 Å². The Morgan fingerprint density at radius 3 is 2.31 bits per heavy atom. The minimum atomic E-state index is -3.20. The standard InChI is InChI=1S/C18H20N2O5S/c1-24-16-7-9-17(10-8-16)25-13-18(21)19-14-3-5-15(6-4-14)20-11-2-12-26(20,22)23/h3-10H,2,11-13H2,1H3,(H,19,21). The molecule has 0 aliphatic carbocycles. The molecule has 8 heteroatoms. The molecule has 2 aromatic carbocycles. The minimum Gasteiger partial charge on any atom is -0.497 e. The van der Waals surface area contributed by atoms with Crippen LogP contribution in [0, 0.1) is 0 Å². The van der Waals surface area contributed by atoms with Crippen molar-refractivity contribution < 1.29 is 22.7 Å². The lowest BCUT2D eigenvalue weighted by Crippen LogP contribution is -2.25. The fraction of sp³-hybridized carbons (Fsp3) is 0.278. The Morgan fingerprint density at radius 1 is 1.08 bits per heavy atom. The number of rotatable bonds is 6. The Labute approximate surface area is 152 Å². The van der Waals surface area contributed by atoms with E-state index >= 15 is 0 Å². The maximum absolute atomic E-state index is 12.0. The van der Waals surface area contributed by atoms with Gasteiger partial charge in [-0.3, -0.25) is 9.10 Å². The molecule has 138 valence electrons. The first-order chi connectivity index (χ1) is 12.5. The van der Waals surface area contributed by atoms with E-state index in [1.807, 2.05) is 0 Å². The van der Waals surface area contributed by atoms with Crippen LogP contribution >= 0.6 is 0 Å². The largest absolute Gasteiger partial charge is 0.497 e. The van der Waals surface area contributed by atoms with Gasteiger partial charge in [0.25, 0.3) is 5.91 Å². The predicted molar refractivity (Wildman–Crippen MR) is 99.3 cm³/mol. The maximum atomic E-state index is 12.0. The molecule has 26 heavy (non-hydrogen) atoms. The summed E-state index contributed by atoms with van der Waals surface area (Å²) in [4.78, 5) is 12.0. The first kappa shape index (κ1) is 18.1. The van der Waals surface area contributed by atoms with Gasteiger partial charge < -0.3 is 14.8 Å². The van der Waals surface area contributed by atoms with Crippen molar-refractivity contribution in [1.82, 2.24) is 0 Å². The number of anilines is 2. The molecule has 7 nitrogen and oxygen atoms in total. The van der Waals surface area contributed by atoms with Crippen molar-refractivity contribution in [3.63, 3.8) is 0 Å². The highest BCUT2D eigenvalue weighted by Gasteiger charge is 2.28. The fourth-order valence-corrected chi connectivity index (χ4v) is 4.22. The number of methoxy groups -OCH3 is 1. The smallest absolute Gasteiger partial charge is 0.262 e. The van der Waals surface area contributed by atoms with Crippen molar-refractivity contribution >= 4 is 27.3 Å². The molecule has 0 unspecified atom stereocenters. The first-order valence-corrected chi connectivity index (χ1v) is 9.76. The van der Waals surface area contributed by atoms with Gasteiger partial charge in [-0.05, 0) is 55.0 Å². The Kier molecular flexibility index (Phi) is 5.32. The van der Waals surface area contributed by atoms with Gasteiger partial charge in [-0.2, -0.15) is 0 Å². The number of amides is 1. The lowest BCUT2D eigenvalue weighted by Gasteiger charge is -2.17. The van der Waals surface area contributed by atoms with Crippen LogP contribution in [-0.2, 0) is 14.8 Å². The lowest BCUT2D eigenvalue weighted by molar-refractivity contribution is -0.118. The summed E-state index contributed by atoms with van der Waals surface area (Å²) < 4.78 is 35.7. The van der Waals surface area contributed by atoms with E-state index in [-0.39, 0.29) is 18.3 Å². The molecule has 1 aliphatic heterocycles. The minimum absolute atomic E-state index is 0.130. The molecule has 0 aromatic heterocycles. The van der Waals surface area contributed by atoms with Gasteiger partial charge in [0.2, 0.25) is 10.0 Å². The Balaban J connectivity index is 1.54. The van der Waals surface area contributed by atoms with Crippen molar-refractivity contribution in [3.8, 4) is 11.5 Å². The van der Waals surface area contributed by atoms with Crippen LogP contribution in [0.1, 0.15) is 6.42 Å². The molecule has 0 bridgehead atoms. The van der Waals surface area contributed by atoms with E-state index in [4.69, 9.17) is 9.47 Å². The summed E-state index contributed by atoms with van der Waals surface area (Å²) in [5.41, 5.74) is 1.18. The average molecular weight is 376 g/mol. The van der Waals surface area contributed by atoms with E-state index in [2.05, 4.69) is 5.32 Å². The van der Waals surface area contributed by atoms with Crippen LogP contribution in [-0.4, -0.2) is 40.3 Å². The second kappa shape index (κ2) is 7.65. The van der Waals surface area contributed by atoms with Crippen LogP contribution in [0.3, 0.4) is 0 Å². The van der Waals surface area contributed by atoms with Crippen molar-refractivity contribution in [2.45, 2.75) is 6.42 Å².